The molecule has 0 bridgehead atoms. The number of carbonyl (C=O) groups excluding carboxylic acids is 1. The number of fused-ring (bicyclic) bond motifs is 1. The first-order chi connectivity index (χ1) is 13.7. The van der Waals surface area contributed by atoms with E-state index < -0.39 is 0 Å². The molecule has 1 aromatic heterocycles. The summed E-state index contributed by atoms with van der Waals surface area (Å²) in [5, 5.41) is 16.0. The van der Waals surface area contributed by atoms with Crippen molar-refractivity contribution in [2.75, 3.05) is 25.0 Å². The quantitative estimate of drug-likeness (QED) is 0.689. The molecule has 2 amide bonds. The van der Waals surface area contributed by atoms with Gasteiger partial charge in [-0.25, -0.2) is 4.79 Å². The first-order valence-electron chi connectivity index (χ1n) is 9.29. The minimum absolute atomic E-state index is 0.0656. The van der Waals surface area contributed by atoms with Crippen LogP contribution >= 0.6 is 0 Å². The van der Waals surface area contributed by atoms with Crippen LogP contribution in [0, 0.1) is 11.3 Å². The Morgan fingerprint density at radius 1 is 1.14 bits per heavy atom. The number of nitrogens with one attached hydrogen (secondary N) is 2. The molecule has 1 fully saturated rings. The predicted octanol–water partition coefficient (Wildman–Crippen LogP) is 3.35. The zero-order valence-corrected chi connectivity index (χ0v) is 15.4. The molecule has 6 heteroatoms. The van der Waals surface area contributed by atoms with Crippen molar-refractivity contribution in [3.05, 3.63) is 72.4 Å². The molecule has 28 heavy (non-hydrogen) atoms. The SMILES string of the molecule is N#CCN1C[C@@H](NC(=O)Nc2cnc3ccccc3c2)[C@H](c2ccccc2)C1. The third kappa shape index (κ3) is 3.95. The zero-order valence-electron chi connectivity index (χ0n) is 15.4. The van der Waals surface area contributed by atoms with Crippen LogP contribution in [0.15, 0.2) is 66.9 Å². The summed E-state index contributed by atoms with van der Waals surface area (Å²) in [5.41, 5.74) is 2.71. The van der Waals surface area contributed by atoms with Gasteiger partial charge in [0.2, 0.25) is 0 Å². The maximum absolute atomic E-state index is 12.6. The van der Waals surface area contributed by atoms with Gasteiger partial charge in [-0.05, 0) is 17.7 Å². The van der Waals surface area contributed by atoms with Gasteiger partial charge in [0.25, 0.3) is 0 Å². The average Bonchev–Trinajstić information content (AvgIpc) is 3.11. The molecule has 2 heterocycles. The maximum Gasteiger partial charge on any atom is 0.319 e. The van der Waals surface area contributed by atoms with Crippen molar-refractivity contribution in [1.29, 1.82) is 5.26 Å². The van der Waals surface area contributed by atoms with Gasteiger partial charge < -0.3 is 10.6 Å². The lowest BCUT2D eigenvalue weighted by atomic mass is 9.94. The maximum atomic E-state index is 12.6. The molecule has 0 unspecified atom stereocenters. The number of nitrogens with zero attached hydrogens (tertiary/aromatic N) is 3. The number of para-hydroxylation sites is 1. The lowest BCUT2D eigenvalue weighted by molar-refractivity contribution is 0.247. The van der Waals surface area contributed by atoms with Crippen molar-refractivity contribution < 1.29 is 4.79 Å². The van der Waals surface area contributed by atoms with Crippen molar-refractivity contribution in [1.82, 2.24) is 15.2 Å². The number of urea groups is 1. The van der Waals surface area contributed by atoms with Gasteiger partial charge in [-0.3, -0.25) is 9.88 Å². The van der Waals surface area contributed by atoms with Crippen LogP contribution in [0.1, 0.15) is 11.5 Å². The molecular weight excluding hydrogens is 350 g/mol. The number of amides is 2. The number of nitriles is 1. The van der Waals surface area contributed by atoms with Crippen LogP contribution in [0.25, 0.3) is 10.9 Å². The summed E-state index contributed by atoms with van der Waals surface area (Å²) < 4.78 is 0. The number of anilines is 1. The predicted molar refractivity (Wildman–Crippen MR) is 109 cm³/mol. The van der Waals surface area contributed by atoms with Gasteiger partial charge in [-0.15, -0.1) is 0 Å². The summed E-state index contributed by atoms with van der Waals surface area (Å²) in [4.78, 5) is 19.1. The monoisotopic (exact) mass is 371 g/mol. The largest absolute Gasteiger partial charge is 0.333 e. The molecule has 2 aromatic carbocycles. The van der Waals surface area contributed by atoms with Crippen LogP contribution < -0.4 is 10.6 Å². The Kier molecular flexibility index (Phi) is 5.18. The third-order valence-corrected chi connectivity index (χ3v) is 5.08. The number of hydrogen-bond acceptors (Lipinski definition) is 4. The van der Waals surface area contributed by atoms with E-state index in [1.54, 1.807) is 6.20 Å². The molecule has 0 saturated carbocycles. The first-order valence-corrected chi connectivity index (χ1v) is 9.29. The van der Waals surface area contributed by atoms with Crippen molar-refractivity contribution >= 4 is 22.6 Å². The van der Waals surface area contributed by atoms with E-state index in [1.807, 2.05) is 48.5 Å². The summed E-state index contributed by atoms with van der Waals surface area (Å²) in [6, 6.07) is 21.7. The normalized spacial score (nSPS) is 19.2. The highest BCUT2D eigenvalue weighted by molar-refractivity contribution is 5.92. The Hall–Kier alpha value is -3.43. The minimum atomic E-state index is -0.262. The van der Waals surface area contributed by atoms with E-state index in [-0.39, 0.29) is 18.0 Å². The Morgan fingerprint density at radius 3 is 2.75 bits per heavy atom. The molecule has 0 radical (unpaired) electrons. The molecule has 0 spiro atoms. The Bertz CT molecular complexity index is 1010. The number of carbonyl (C=O) groups is 1. The highest BCUT2D eigenvalue weighted by Crippen LogP contribution is 2.27. The summed E-state index contributed by atoms with van der Waals surface area (Å²) in [6.45, 7) is 1.76. The summed E-state index contributed by atoms with van der Waals surface area (Å²) in [6.07, 6.45) is 1.66. The van der Waals surface area contributed by atoms with Crippen LogP contribution in [0.2, 0.25) is 0 Å². The molecule has 3 aromatic rings. The Morgan fingerprint density at radius 2 is 1.93 bits per heavy atom. The lowest BCUT2D eigenvalue weighted by Gasteiger charge is -2.20. The van der Waals surface area contributed by atoms with E-state index in [0.717, 1.165) is 17.4 Å². The minimum Gasteiger partial charge on any atom is -0.333 e. The molecule has 2 N–H and O–H groups in total. The molecule has 2 atom stereocenters. The van der Waals surface area contributed by atoms with Crippen molar-refractivity contribution in [2.45, 2.75) is 12.0 Å². The zero-order chi connectivity index (χ0) is 19.3. The van der Waals surface area contributed by atoms with Crippen LogP contribution in [-0.4, -0.2) is 41.6 Å². The standard InChI is InChI=1S/C22H21N5O/c23-10-11-27-14-19(16-6-2-1-3-7-16)21(15-27)26-22(28)25-18-12-17-8-4-5-9-20(17)24-13-18/h1-9,12-13,19,21H,11,14-15H2,(H2,25,26,28)/t19-,21+/m0/s1. The van der Waals surface area contributed by atoms with E-state index in [9.17, 15) is 4.79 Å². The van der Waals surface area contributed by atoms with Gasteiger partial charge in [-0.2, -0.15) is 5.26 Å². The van der Waals surface area contributed by atoms with Gasteiger partial charge in [0, 0.05) is 24.4 Å². The van der Waals surface area contributed by atoms with Gasteiger partial charge in [0.05, 0.1) is 36.1 Å². The van der Waals surface area contributed by atoms with Gasteiger partial charge in [0.1, 0.15) is 0 Å². The Labute approximate surface area is 163 Å². The molecule has 1 aliphatic rings. The number of hydrogen-bond donors (Lipinski definition) is 2. The number of pyridine rings is 1. The summed E-state index contributed by atoms with van der Waals surface area (Å²) >= 11 is 0. The lowest BCUT2D eigenvalue weighted by Crippen LogP contribution is -2.42. The van der Waals surface area contributed by atoms with Gasteiger partial charge in [0.15, 0.2) is 0 Å². The smallest absolute Gasteiger partial charge is 0.319 e. The summed E-state index contributed by atoms with van der Waals surface area (Å²) in [5.74, 6) is 0.148. The number of aromatic nitrogens is 1. The second kappa shape index (κ2) is 8.07. The average molecular weight is 371 g/mol. The topological polar surface area (TPSA) is 81.0 Å². The fourth-order valence-corrected chi connectivity index (χ4v) is 3.77. The van der Waals surface area contributed by atoms with E-state index >= 15 is 0 Å². The molecule has 4 rings (SSSR count). The fraction of sp³-hybridized carbons (Fsp3) is 0.227. The van der Waals surface area contributed by atoms with E-state index in [4.69, 9.17) is 5.26 Å². The molecular formula is C22H21N5O. The van der Waals surface area contributed by atoms with Gasteiger partial charge >= 0.3 is 6.03 Å². The molecule has 0 aliphatic carbocycles. The molecule has 1 saturated heterocycles. The number of likely N-dealkylation sites (tertiary alicyclic amines) is 1. The van der Waals surface area contributed by atoms with E-state index in [2.05, 4.69) is 38.7 Å². The van der Waals surface area contributed by atoms with Gasteiger partial charge in [-0.1, -0.05) is 48.5 Å². The summed E-state index contributed by atoms with van der Waals surface area (Å²) in [7, 11) is 0. The number of benzene rings is 2. The van der Waals surface area contributed by atoms with Crippen LogP contribution in [0.3, 0.4) is 0 Å². The van der Waals surface area contributed by atoms with E-state index in [0.29, 0.717) is 18.8 Å². The fourth-order valence-electron chi connectivity index (χ4n) is 3.77. The highest BCUT2D eigenvalue weighted by atomic mass is 16.2. The van der Waals surface area contributed by atoms with Crippen LogP contribution in [0.5, 0.6) is 0 Å². The highest BCUT2D eigenvalue weighted by Gasteiger charge is 2.34. The van der Waals surface area contributed by atoms with Crippen LogP contribution in [0.4, 0.5) is 10.5 Å². The number of rotatable bonds is 4. The van der Waals surface area contributed by atoms with Crippen molar-refractivity contribution in [3.8, 4) is 6.07 Å². The molecule has 140 valence electrons. The Balaban J connectivity index is 1.47. The first kappa shape index (κ1) is 18.0. The van der Waals surface area contributed by atoms with Crippen LogP contribution in [-0.2, 0) is 0 Å². The molecule has 6 nitrogen and oxygen atoms in total. The third-order valence-electron chi connectivity index (χ3n) is 5.08. The van der Waals surface area contributed by atoms with Crippen molar-refractivity contribution in [2.24, 2.45) is 0 Å². The molecule has 1 aliphatic heterocycles. The second-order valence-electron chi connectivity index (χ2n) is 6.99. The second-order valence-corrected chi connectivity index (χ2v) is 6.99. The van der Waals surface area contributed by atoms with Crippen molar-refractivity contribution in [3.63, 3.8) is 0 Å². The van der Waals surface area contributed by atoms with E-state index in [1.165, 1.54) is 5.56 Å².